The third-order valence-electron chi connectivity index (χ3n) is 3.11. The summed E-state index contributed by atoms with van der Waals surface area (Å²) in [5.74, 6) is 1.05. The lowest BCUT2D eigenvalue weighted by atomic mass is 10.0. The molecule has 102 valence electrons. The predicted octanol–water partition coefficient (Wildman–Crippen LogP) is 2.07. The number of hydrogen-bond acceptors (Lipinski definition) is 4. The van der Waals surface area contributed by atoms with E-state index in [2.05, 4.69) is 5.32 Å². The van der Waals surface area contributed by atoms with Crippen molar-refractivity contribution in [3.8, 4) is 11.5 Å². The van der Waals surface area contributed by atoms with Crippen LogP contribution < -0.4 is 10.1 Å². The van der Waals surface area contributed by atoms with Crippen LogP contribution in [-0.4, -0.2) is 30.0 Å². The Hall–Kier alpha value is -1.26. The van der Waals surface area contributed by atoms with Gasteiger partial charge in [0.2, 0.25) is 0 Å². The average molecular weight is 253 g/mol. The van der Waals surface area contributed by atoms with Gasteiger partial charge in [0.1, 0.15) is 11.5 Å². The van der Waals surface area contributed by atoms with E-state index in [1.54, 1.807) is 13.2 Å². The van der Waals surface area contributed by atoms with E-state index in [1.165, 1.54) is 0 Å². The lowest BCUT2D eigenvalue weighted by molar-refractivity contribution is 0.120. The number of methoxy groups -OCH3 is 1. The largest absolute Gasteiger partial charge is 0.507 e. The maximum absolute atomic E-state index is 9.88. The molecule has 0 aromatic heterocycles. The smallest absolute Gasteiger partial charge is 0.124 e. The summed E-state index contributed by atoms with van der Waals surface area (Å²) in [6, 6.07) is 5.20. The molecule has 0 aliphatic rings. The summed E-state index contributed by atoms with van der Waals surface area (Å²) in [7, 11) is 1.56. The molecule has 4 nitrogen and oxygen atoms in total. The van der Waals surface area contributed by atoms with Crippen molar-refractivity contribution in [3.63, 3.8) is 0 Å². The van der Waals surface area contributed by atoms with E-state index in [0.29, 0.717) is 12.3 Å². The van der Waals surface area contributed by atoms with Gasteiger partial charge in [-0.1, -0.05) is 19.9 Å². The average Bonchev–Trinajstić information content (AvgIpc) is 2.34. The second-order valence-corrected chi connectivity index (χ2v) is 4.87. The number of hydrogen-bond donors (Lipinski definition) is 3. The van der Waals surface area contributed by atoms with E-state index < -0.39 is 0 Å². The lowest BCUT2D eigenvalue weighted by Gasteiger charge is -2.20. The fraction of sp³-hybridized carbons (Fsp3) is 0.571. The SMILES string of the molecule is COc1ccc(C(C)NCC(O)C(C)C)c(O)c1. The van der Waals surface area contributed by atoms with Gasteiger partial charge in [-0.15, -0.1) is 0 Å². The lowest BCUT2D eigenvalue weighted by Crippen LogP contribution is -2.32. The number of rotatable bonds is 6. The molecule has 0 heterocycles. The number of nitrogens with one attached hydrogen (secondary N) is 1. The van der Waals surface area contributed by atoms with Crippen LogP contribution in [0.5, 0.6) is 11.5 Å². The highest BCUT2D eigenvalue weighted by Crippen LogP contribution is 2.28. The first-order valence-electron chi connectivity index (χ1n) is 6.24. The van der Waals surface area contributed by atoms with Gasteiger partial charge in [0.05, 0.1) is 13.2 Å². The number of phenolic OH excluding ortho intramolecular Hbond substituents is 1. The highest BCUT2D eigenvalue weighted by Gasteiger charge is 2.14. The van der Waals surface area contributed by atoms with Gasteiger partial charge in [-0.05, 0) is 18.9 Å². The van der Waals surface area contributed by atoms with E-state index in [1.807, 2.05) is 32.9 Å². The van der Waals surface area contributed by atoms with Gasteiger partial charge < -0.3 is 20.3 Å². The van der Waals surface area contributed by atoms with Crippen LogP contribution in [-0.2, 0) is 0 Å². The van der Waals surface area contributed by atoms with Crippen LogP contribution >= 0.6 is 0 Å². The van der Waals surface area contributed by atoms with Crippen LogP contribution in [0.15, 0.2) is 18.2 Å². The Kier molecular flexibility index (Phi) is 5.44. The summed E-state index contributed by atoms with van der Waals surface area (Å²) in [6.45, 7) is 6.41. The Bertz CT molecular complexity index is 379. The molecular weight excluding hydrogens is 230 g/mol. The van der Waals surface area contributed by atoms with Crippen molar-refractivity contribution in [1.82, 2.24) is 5.32 Å². The topological polar surface area (TPSA) is 61.7 Å². The Morgan fingerprint density at radius 2 is 1.94 bits per heavy atom. The summed E-state index contributed by atoms with van der Waals surface area (Å²) in [5, 5.41) is 22.8. The summed E-state index contributed by atoms with van der Waals surface area (Å²) in [5.41, 5.74) is 0.798. The molecule has 0 spiro atoms. The molecule has 0 fully saturated rings. The normalized spacial score (nSPS) is 14.6. The molecule has 0 saturated heterocycles. The van der Waals surface area contributed by atoms with Crippen molar-refractivity contribution < 1.29 is 14.9 Å². The zero-order valence-electron chi connectivity index (χ0n) is 11.5. The molecule has 1 aromatic rings. The van der Waals surface area contributed by atoms with Gasteiger partial charge in [-0.2, -0.15) is 0 Å². The second-order valence-electron chi connectivity index (χ2n) is 4.87. The summed E-state index contributed by atoms with van der Waals surface area (Å²) < 4.78 is 5.04. The molecule has 0 aliphatic heterocycles. The van der Waals surface area contributed by atoms with E-state index in [-0.39, 0.29) is 23.8 Å². The highest BCUT2D eigenvalue weighted by molar-refractivity contribution is 5.41. The Balaban J connectivity index is 2.64. The molecule has 0 aliphatic carbocycles. The summed E-state index contributed by atoms with van der Waals surface area (Å²) in [4.78, 5) is 0. The molecule has 0 radical (unpaired) electrons. The van der Waals surface area contributed by atoms with Gasteiger partial charge in [-0.25, -0.2) is 0 Å². The minimum Gasteiger partial charge on any atom is -0.507 e. The molecule has 0 saturated carbocycles. The first-order chi connectivity index (χ1) is 8.45. The molecule has 2 unspecified atom stereocenters. The van der Waals surface area contributed by atoms with Crippen molar-refractivity contribution in [1.29, 1.82) is 0 Å². The van der Waals surface area contributed by atoms with Crippen LogP contribution in [0.2, 0.25) is 0 Å². The third kappa shape index (κ3) is 3.89. The van der Waals surface area contributed by atoms with Crippen LogP contribution in [0.1, 0.15) is 32.4 Å². The van der Waals surface area contributed by atoms with Gasteiger partial charge >= 0.3 is 0 Å². The Labute approximate surface area is 109 Å². The van der Waals surface area contributed by atoms with Crippen molar-refractivity contribution >= 4 is 0 Å². The van der Waals surface area contributed by atoms with Gasteiger partial charge in [0, 0.05) is 24.2 Å². The number of aliphatic hydroxyl groups excluding tert-OH is 1. The molecule has 1 aromatic carbocycles. The van der Waals surface area contributed by atoms with Crippen LogP contribution in [0.25, 0.3) is 0 Å². The van der Waals surface area contributed by atoms with Crippen molar-refractivity contribution in [3.05, 3.63) is 23.8 Å². The number of benzene rings is 1. The van der Waals surface area contributed by atoms with Crippen molar-refractivity contribution in [2.24, 2.45) is 5.92 Å². The first-order valence-corrected chi connectivity index (χ1v) is 6.24. The molecule has 18 heavy (non-hydrogen) atoms. The maximum Gasteiger partial charge on any atom is 0.124 e. The van der Waals surface area contributed by atoms with Crippen LogP contribution in [0.3, 0.4) is 0 Å². The third-order valence-corrected chi connectivity index (χ3v) is 3.11. The molecule has 2 atom stereocenters. The van der Waals surface area contributed by atoms with Crippen LogP contribution in [0, 0.1) is 5.92 Å². The minimum absolute atomic E-state index is 0.0238. The minimum atomic E-state index is -0.382. The number of ether oxygens (including phenoxy) is 1. The monoisotopic (exact) mass is 253 g/mol. The number of phenols is 1. The zero-order chi connectivity index (χ0) is 13.7. The van der Waals surface area contributed by atoms with E-state index in [4.69, 9.17) is 4.74 Å². The standard InChI is InChI=1S/C14H23NO3/c1-9(2)14(17)8-15-10(3)12-6-5-11(18-4)7-13(12)16/h5-7,9-10,14-17H,8H2,1-4H3. The predicted molar refractivity (Wildman–Crippen MR) is 71.9 cm³/mol. The highest BCUT2D eigenvalue weighted by atomic mass is 16.5. The summed E-state index contributed by atoms with van der Waals surface area (Å²) >= 11 is 0. The Morgan fingerprint density at radius 3 is 2.44 bits per heavy atom. The van der Waals surface area contributed by atoms with E-state index in [9.17, 15) is 10.2 Å². The molecule has 0 bridgehead atoms. The van der Waals surface area contributed by atoms with Gasteiger partial charge in [0.25, 0.3) is 0 Å². The Morgan fingerprint density at radius 1 is 1.28 bits per heavy atom. The molecule has 0 amide bonds. The van der Waals surface area contributed by atoms with Crippen molar-refractivity contribution in [2.75, 3.05) is 13.7 Å². The molecular formula is C14H23NO3. The number of aliphatic hydroxyl groups is 1. The first kappa shape index (κ1) is 14.8. The molecule has 4 heteroatoms. The van der Waals surface area contributed by atoms with Crippen LogP contribution in [0.4, 0.5) is 0 Å². The maximum atomic E-state index is 9.88. The fourth-order valence-electron chi connectivity index (χ4n) is 1.66. The van der Waals surface area contributed by atoms with E-state index in [0.717, 1.165) is 5.56 Å². The molecule has 1 rings (SSSR count). The summed E-state index contributed by atoms with van der Waals surface area (Å²) in [6.07, 6.45) is -0.382. The number of aromatic hydroxyl groups is 1. The zero-order valence-corrected chi connectivity index (χ0v) is 11.5. The quantitative estimate of drug-likeness (QED) is 0.726. The second kappa shape index (κ2) is 6.61. The molecule has 3 N–H and O–H groups in total. The van der Waals surface area contributed by atoms with Crippen molar-refractivity contribution in [2.45, 2.75) is 32.9 Å². The fourth-order valence-corrected chi connectivity index (χ4v) is 1.66. The van der Waals surface area contributed by atoms with Gasteiger partial charge in [-0.3, -0.25) is 0 Å². The van der Waals surface area contributed by atoms with E-state index >= 15 is 0 Å². The van der Waals surface area contributed by atoms with Gasteiger partial charge in [0.15, 0.2) is 0 Å².